The number of aromatic carboxylic acids is 1. The van der Waals surface area contributed by atoms with Gasteiger partial charge in [0.1, 0.15) is 11.0 Å². The van der Waals surface area contributed by atoms with E-state index in [2.05, 4.69) is 15.3 Å². The number of aryl methyl sites for hydroxylation is 1. The fourth-order valence-corrected chi connectivity index (χ4v) is 1.80. The van der Waals surface area contributed by atoms with E-state index in [1.807, 2.05) is 0 Å². The molecule has 0 unspecified atom stereocenters. The lowest BCUT2D eigenvalue weighted by Crippen LogP contribution is -2.01. The van der Waals surface area contributed by atoms with Crippen LogP contribution in [-0.4, -0.2) is 21.0 Å². The van der Waals surface area contributed by atoms with Gasteiger partial charge in [-0.05, 0) is 25.1 Å². The van der Waals surface area contributed by atoms with E-state index < -0.39 is 5.97 Å². The van der Waals surface area contributed by atoms with Crippen LogP contribution in [0.3, 0.4) is 0 Å². The van der Waals surface area contributed by atoms with Crippen LogP contribution >= 0.6 is 11.6 Å². The average Bonchev–Trinajstić information content (AvgIpc) is 2.68. The number of nitrogens with one attached hydrogen (secondary N) is 2. The molecule has 0 saturated carbocycles. The van der Waals surface area contributed by atoms with E-state index in [0.29, 0.717) is 23.2 Å². The predicted molar refractivity (Wildman–Crippen MR) is 69.1 cm³/mol. The molecule has 0 aliphatic carbocycles. The Bertz CT molecular complexity index is 580. The third kappa shape index (κ3) is 2.81. The number of nitrogens with zero attached hydrogens (tertiary/aromatic N) is 1. The SMILES string of the molecule is Cc1[nH]c(CNc2cccc(Cl)n2)cc1C(=O)O. The van der Waals surface area contributed by atoms with Crippen molar-refractivity contribution in [1.82, 2.24) is 9.97 Å². The second-order valence-electron chi connectivity index (χ2n) is 3.84. The summed E-state index contributed by atoms with van der Waals surface area (Å²) >= 11 is 5.76. The van der Waals surface area contributed by atoms with Gasteiger partial charge >= 0.3 is 5.97 Å². The first kappa shape index (κ1) is 12.4. The molecule has 3 N–H and O–H groups in total. The van der Waals surface area contributed by atoms with Crippen LogP contribution in [0.2, 0.25) is 5.15 Å². The van der Waals surface area contributed by atoms with Gasteiger partial charge in [0.25, 0.3) is 0 Å². The molecule has 94 valence electrons. The Hall–Kier alpha value is -2.01. The first-order chi connectivity index (χ1) is 8.56. The minimum absolute atomic E-state index is 0.283. The van der Waals surface area contributed by atoms with Crippen molar-refractivity contribution in [2.24, 2.45) is 0 Å². The van der Waals surface area contributed by atoms with Crippen molar-refractivity contribution < 1.29 is 9.90 Å². The highest BCUT2D eigenvalue weighted by Crippen LogP contribution is 2.13. The average molecular weight is 266 g/mol. The molecule has 0 aromatic carbocycles. The molecule has 0 spiro atoms. The van der Waals surface area contributed by atoms with E-state index in [1.54, 1.807) is 31.2 Å². The van der Waals surface area contributed by atoms with Gasteiger partial charge in [0.15, 0.2) is 0 Å². The predicted octanol–water partition coefficient (Wildman–Crippen LogP) is 2.68. The van der Waals surface area contributed by atoms with E-state index in [0.717, 1.165) is 5.69 Å². The zero-order chi connectivity index (χ0) is 13.1. The van der Waals surface area contributed by atoms with Crippen molar-refractivity contribution in [2.45, 2.75) is 13.5 Å². The highest BCUT2D eigenvalue weighted by molar-refractivity contribution is 6.29. The zero-order valence-corrected chi connectivity index (χ0v) is 10.5. The van der Waals surface area contributed by atoms with Crippen molar-refractivity contribution in [2.75, 3.05) is 5.32 Å². The van der Waals surface area contributed by atoms with Gasteiger partial charge in [-0.25, -0.2) is 9.78 Å². The van der Waals surface area contributed by atoms with Crippen LogP contribution in [0.4, 0.5) is 5.82 Å². The summed E-state index contributed by atoms with van der Waals surface area (Å²) in [6, 6.07) is 6.88. The van der Waals surface area contributed by atoms with Gasteiger partial charge in [0.2, 0.25) is 0 Å². The van der Waals surface area contributed by atoms with E-state index in [4.69, 9.17) is 16.7 Å². The van der Waals surface area contributed by atoms with Crippen LogP contribution in [0.1, 0.15) is 21.7 Å². The Labute approximate surface area is 109 Å². The first-order valence-corrected chi connectivity index (χ1v) is 5.72. The third-order valence-electron chi connectivity index (χ3n) is 2.48. The maximum absolute atomic E-state index is 10.9. The number of halogens is 1. The minimum Gasteiger partial charge on any atom is -0.478 e. The molecular weight excluding hydrogens is 254 g/mol. The smallest absolute Gasteiger partial charge is 0.337 e. The number of pyridine rings is 1. The zero-order valence-electron chi connectivity index (χ0n) is 9.70. The molecule has 0 bridgehead atoms. The second kappa shape index (κ2) is 5.10. The van der Waals surface area contributed by atoms with Gasteiger partial charge in [0.05, 0.1) is 12.1 Å². The molecule has 18 heavy (non-hydrogen) atoms. The van der Waals surface area contributed by atoms with Gasteiger partial charge in [0, 0.05) is 11.4 Å². The van der Waals surface area contributed by atoms with Crippen LogP contribution < -0.4 is 5.32 Å². The van der Waals surface area contributed by atoms with Gasteiger partial charge in [-0.1, -0.05) is 17.7 Å². The van der Waals surface area contributed by atoms with E-state index in [-0.39, 0.29) is 5.56 Å². The van der Waals surface area contributed by atoms with Crippen LogP contribution in [0.15, 0.2) is 24.3 Å². The molecule has 0 amide bonds. The first-order valence-electron chi connectivity index (χ1n) is 5.34. The number of carbonyl (C=O) groups is 1. The van der Waals surface area contributed by atoms with Crippen molar-refractivity contribution in [3.05, 3.63) is 46.4 Å². The van der Waals surface area contributed by atoms with Gasteiger partial charge < -0.3 is 15.4 Å². The number of H-pyrrole nitrogens is 1. The second-order valence-corrected chi connectivity index (χ2v) is 4.22. The molecule has 0 saturated heterocycles. The lowest BCUT2D eigenvalue weighted by Gasteiger charge is -2.03. The van der Waals surface area contributed by atoms with Crippen molar-refractivity contribution >= 4 is 23.4 Å². The van der Waals surface area contributed by atoms with Crippen LogP contribution in [0.5, 0.6) is 0 Å². The molecule has 0 radical (unpaired) electrons. The van der Waals surface area contributed by atoms with Crippen molar-refractivity contribution in [1.29, 1.82) is 0 Å². The highest BCUT2D eigenvalue weighted by atomic mass is 35.5. The molecule has 0 atom stereocenters. The van der Waals surface area contributed by atoms with Crippen LogP contribution in [0, 0.1) is 6.92 Å². The van der Waals surface area contributed by atoms with Crippen LogP contribution in [0.25, 0.3) is 0 Å². The fraction of sp³-hybridized carbons (Fsp3) is 0.167. The summed E-state index contributed by atoms with van der Waals surface area (Å²) < 4.78 is 0. The molecule has 0 fully saturated rings. The molecule has 2 heterocycles. The number of anilines is 1. The summed E-state index contributed by atoms with van der Waals surface area (Å²) in [6.07, 6.45) is 0. The Morgan fingerprint density at radius 3 is 2.94 bits per heavy atom. The maximum Gasteiger partial charge on any atom is 0.337 e. The number of hydrogen-bond donors (Lipinski definition) is 3. The number of carboxylic acid groups (broad SMARTS) is 1. The summed E-state index contributed by atoms with van der Waals surface area (Å²) in [4.78, 5) is 18.0. The highest BCUT2D eigenvalue weighted by Gasteiger charge is 2.10. The Morgan fingerprint density at radius 1 is 1.56 bits per heavy atom. The fourth-order valence-electron chi connectivity index (χ4n) is 1.64. The van der Waals surface area contributed by atoms with E-state index >= 15 is 0 Å². The maximum atomic E-state index is 10.9. The molecule has 2 aromatic rings. The number of hydrogen-bond acceptors (Lipinski definition) is 3. The Morgan fingerprint density at radius 2 is 2.33 bits per heavy atom. The monoisotopic (exact) mass is 265 g/mol. The van der Waals surface area contributed by atoms with E-state index in [1.165, 1.54) is 0 Å². The summed E-state index contributed by atoms with van der Waals surface area (Å²) in [5, 5.41) is 12.4. The van der Waals surface area contributed by atoms with Crippen molar-refractivity contribution in [3.8, 4) is 0 Å². The molecule has 2 rings (SSSR count). The molecule has 5 nitrogen and oxygen atoms in total. The van der Waals surface area contributed by atoms with Gasteiger partial charge in [-0.2, -0.15) is 0 Å². The number of rotatable bonds is 4. The normalized spacial score (nSPS) is 10.3. The lowest BCUT2D eigenvalue weighted by molar-refractivity contribution is 0.0696. The summed E-state index contributed by atoms with van der Waals surface area (Å²) in [6.45, 7) is 2.19. The van der Waals surface area contributed by atoms with Crippen LogP contribution in [-0.2, 0) is 6.54 Å². The Balaban J connectivity index is 2.06. The van der Waals surface area contributed by atoms with Crippen molar-refractivity contribution in [3.63, 3.8) is 0 Å². The Kier molecular flexibility index (Phi) is 3.53. The van der Waals surface area contributed by atoms with Gasteiger partial charge in [-0.3, -0.25) is 0 Å². The largest absolute Gasteiger partial charge is 0.478 e. The summed E-state index contributed by atoms with van der Waals surface area (Å²) in [5.41, 5.74) is 1.70. The summed E-state index contributed by atoms with van der Waals surface area (Å²) in [7, 11) is 0. The standard InChI is InChI=1S/C12H12ClN3O2/c1-7-9(12(17)18)5-8(15-7)6-14-11-4-2-3-10(13)16-11/h2-5,15H,6H2,1H3,(H,14,16)(H,17,18). The number of aromatic nitrogens is 2. The molecule has 2 aromatic heterocycles. The molecule has 0 aliphatic rings. The molecular formula is C12H12ClN3O2. The topological polar surface area (TPSA) is 78.0 Å². The number of carboxylic acids is 1. The third-order valence-corrected chi connectivity index (χ3v) is 2.69. The molecule has 6 heteroatoms. The minimum atomic E-state index is -0.934. The van der Waals surface area contributed by atoms with Gasteiger partial charge in [-0.15, -0.1) is 0 Å². The van der Waals surface area contributed by atoms with E-state index in [9.17, 15) is 4.79 Å². The number of aromatic amines is 1. The summed E-state index contributed by atoms with van der Waals surface area (Å²) in [5.74, 6) is -0.289. The quantitative estimate of drug-likeness (QED) is 0.743. The lowest BCUT2D eigenvalue weighted by atomic mass is 10.2. The molecule has 0 aliphatic heterocycles.